The highest BCUT2D eigenvalue weighted by Gasteiger charge is 2.25. The number of methoxy groups -OCH3 is 1. The number of rotatable bonds is 7. The number of benzene rings is 1. The van der Waals surface area contributed by atoms with Gasteiger partial charge in [-0.3, -0.25) is 9.78 Å². The lowest BCUT2D eigenvalue weighted by Gasteiger charge is -2.36. The second-order valence-electron chi connectivity index (χ2n) is 10.8. The quantitative estimate of drug-likeness (QED) is 0.311. The molecule has 4 heterocycles. The number of nitrogens with one attached hydrogen (secondary N) is 1. The minimum atomic E-state index is -3.47. The number of carbonyl (C=O) groups is 2. The molecule has 4 aromatic rings. The fourth-order valence-corrected chi connectivity index (χ4v) is 6.11. The molecule has 43 heavy (non-hydrogen) atoms. The maximum atomic E-state index is 12.8. The van der Waals surface area contributed by atoms with Gasteiger partial charge in [0.1, 0.15) is 5.82 Å². The molecule has 12 heteroatoms. The van der Waals surface area contributed by atoms with E-state index in [2.05, 4.69) is 15.2 Å². The third kappa shape index (κ3) is 6.81. The van der Waals surface area contributed by atoms with Crippen LogP contribution in [0.15, 0.2) is 59.6 Å². The fourth-order valence-electron chi connectivity index (χ4n) is 5.12. The van der Waals surface area contributed by atoms with E-state index in [1.165, 1.54) is 13.2 Å². The average molecular weight is 604 g/mol. The molecular weight excluding hydrogens is 570 g/mol. The number of carbonyl (C=O) groups excluding carboxylic acids is 2. The normalized spacial score (nSPS) is 17.1. The molecule has 224 valence electrons. The molecule has 1 N–H and O–H groups in total. The number of amides is 1. The van der Waals surface area contributed by atoms with Gasteiger partial charge in [0, 0.05) is 36.5 Å². The molecule has 1 aliphatic heterocycles. The van der Waals surface area contributed by atoms with Crippen molar-refractivity contribution in [2.24, 2.45) is 0 Å². The Bertz CT molecular complexity index is 1820. The van der Waals surface area contributed by atoms with Crippen LogP contribution < -0.4 is 10.2 Å². The van der Waals surface area contributed by atoms with Crippen molar-refractivity contribution in [3.8, 4) is 11.4 Å². The van der Waals surface area contributed by atoms with Crippen LogP contribution in [-0.4, -0.2) is 73.9 Å². The van der Waals surface area contributed by atoms with Crippen LogP contribution in [0.5, 0.6) is 0 Å². The minimum absolute atomic E-state index is 0.00808. The van der Waals surface area contributed by atoms with Crippen LogP contribution >= 0.6 is 0 Å². The highest BCUT2D eigenvalue weighted by atomic mass is 32.2. The Morgan fingerprint density at radius 3 is 2.44 bits per heavy atom. The molecule has 0 bridgehead atoms. The van der Waals surface area contributed by atoms with Gasteiger partial charge in [-0.1, -0.05) is 6.07 Å². The van der Waals surface area contributed by atoms with Gasteiger partial charge in [-0.15, -0.1) is 0 Å². The summed E-state index contributed by atoms with van der Waals surface area (Å²) in [5.74, 6) is -0.258. The standard InChI is InChI=1S/C31H33N5O6S/c1-18-6-7-21(11-28(18)43(5,39)40)30(37)33-15-24-13-26-22(14-32-24)8-9-25(34-26)27-10-23(31(38)41-4)12-29(35-27)36-16-19(2)42-20(3)17-36/h6-14,19-20H,15-17H2,1-5H3,(H,33,37)/t19-,20+. The van der Waals surface area contributed by atoms with Gasteiger partial charge in [0.25, 0.3) is 5.91 Å². The Balaban J connectivity index is 1.42. The molecule has 1 aliphatic rings. The second kappa shape index (κ2) is 12.1. The highest BCUT2D eigenvalue weighted by Crippen LogP contribution is 2.27. The van der Waals surface area contributed by atoms with Crippen molar-refractivity contribution in [2.75, 3.05) is 31.4 Å². The smallest absolute Gasteiger partial charge is 0.338 e. The summed E-state index contributed by atoms with van der Waals surface area (Å²) in [4.78, 5) is 41.7. The Hall–Kier alpha value is -4.42. The van der Waals surface area contributed by atoms with E-state index in [9.17, 15) is 18.0 Å². The zero-order chi connectivity index (χ0) is 30.9. The first-order valence-corrected chi connectivity index (χ1v) is 15.7. The summed E-state index contributed by atoms with van der Waals surface area (Å²) in [6, 6.07) is 13.4. The molecule has 0 aliphatic carbocycles. The number of hydrogen-bond acceptors (Lipinski definition) is 10. The van der Waals surface area contributed by atoms with Crippen molar-refractivity contribution in [2.45, 2.75) is 44.4 Å². The van der Waals surface area contributed by atoms with E-state index >= 15 is 0 Å². The molecule has 0 spiro atoms. The summed E-state index contributed by atoms with van der Waals surface area (Å²) in [6.45, 7) is 7.05. The van der Waals surface area contributed by atoms with Crippen LogP contribution in [0.1, 0.15) is 45.8 Å². The number of pyridine rings is 3. The van der Waals surface area contributed by atoms with Crippen LogP contribution in [0.25, 0.3) is 22.3 Å². The summed E-state index contributed by atoms with van der Waals surface area (Å²) in [6.07, 6.45) is 2.80. The number of hydrogen-bond donors (Lipinski definition) is 1. The number of anilines is 1. The first kappa shape index (κ1) is 30.1. The first-order chi connectivity index (χ1) is 20.4. The van der Waals surface area contributed by atoms with Gasteiger partial charge in [0.2, 0.25) is 0 Å². The maximum Gasteiger partial charge on any atom is 0.338 e. The second-order valence-corrected chi connectivity index (χ2v) is 12.7. The Morgan fingerprint density at radius 1 is 1.00 bits per heavy atom. The number of esters is 1. The average Bonchev–Trinajstić information content (AvgIpc) is 2.98. The zero-order valence-electron chi connectivity index (χ0n) is 24.6. The van der Waals surface area contributed by atoms with Crippen molar-refractivity contribution >= 4 is 38.4 Å². The Kier molecular flexibility index (Phi) is 8.43. The topological polar surface area (TPSA) is 141 Å². The molecule has 0 unspecified atom stereocenters. The summed E-state index contributed by atoms with van der Waals surface area (Å²) in [7, 11) is -2.13. The van der Waals surface area contributed by atoms with Gasteiger partial charge in [-0.05, 0) is 68.8 Å². The first-order valence-electron chi connectivity index (χ1n) is 13.8. The van der Waals surface area contributed by atoms with Crippen LogP contribution in [0, 0.1) is 6.92 Å². The number of aryl methyl sites for hydroxylation is 1. The summed E-state index contributed by atoms with van der Waals surface area (Å²) in [5.41, 5.74) is 3.45. The number of aromatic nitrogens is 3. The van der Waals surface area contributed by atoms with E-state index in [1.54, 1.807) is 43.5 Å². The molecule has 1 saturated heterocycles. The van der Waals surface area contributed by atoms with Gasteiger partial charge in [0.15, 0.2) is 9.84 Å². The number of nitrogens with zero attached hydrogens (tertiary/aromatic N) is 4. The van der Waals surface area contributed by atoms with Crippen molar-refractivity contribution in [1.29, 1.82) is 0 Å². The number of fused-ring (bicyclic) bond motifs is 1. The third-order valence-electron chi connectivity index (χ3n) is 7.15. The van der Waals surface area contributed by atoms with Crippen LogP contribution in [0.2, 0.25) is 0 Å². The van der Waals surface area contributed by atoms with E-state index in [0.717, 1.165) is 11.6 Å². The van der Waals surface area contributed by atoms with E-state index in [4.69, 9.17) is 19.4 Å². The largest absolute Gasteiger partial charge is 0.465 e. The van der Waals surface area contributed by atoms with Gasteiger partial charge >= 0.3 is 5.97 Å². The van der Waals surface area contributed by atoms with Gasteiger partial charge in [-0.25, -0.2) is 23.2 Å². The molecule has 3 aromatic heterocycles. The number of ether oxygens (including phenoxy) is 2. The SMILES string of the molecule is COC(=O)c1cc(-c2ccc3cnc(CNC(=O)c4ccc(C)c(S(C)(=O)=O)c4)cc3n2)nc(N2C[C@@H](C)O[C@@H](C)C2)c1. The highest BCUT2D eigenvalue weighted by molar-refractivity contribution is 7.90. The monoisotopic (exact) mass is 603 g/mol. The third-order valence-corrected chi connectivity index (χ3v) is 8.39. The fraction of sp³-hybridized carbons (Fsp3) is 0.323. The molecule has 0 saturated carbocycles. The Morgan fingerprint density at radius 2 is 1.74 bits per heavy atom. The van der Waals surface area contributed by atoms with Crippen LogP contribution in [0.4, 0.5) is 5.82 Å². The summed E-state index contributed by atoms with van der Waals surface area (Å²) < 4.78 is 35.0. The summed E-state index contributed by atoms with van der Waals surface area (Å²) >= 11 is 0. The maximum absolute atomic E-state index is 12.8. The lowest BCUT2D eigenvalue weighted by Crippen LogP contribution is -2.46. The zero-order valence-corrected chi connectivity index (χ0v) is 25.4. The number of sulfone groups is 1. The lowest BCUT2D eigenvalue weighted by molar-refractivity contribution is -0.00545. The minimum Gasteiger partial charge on any atom is -0.465 e. The molecule has 0 radical (unpaired) electrons. The van der Waals surface area contributed by atoms with Gasteiger partial charge < -0.3 is 19.7 Å². The molecule has 1 aromatic carbocycles. The molecule has 11 nitrogen and oxygen atoms in total. The molecular formula is C31H33N5O6S. The Labute approximate surface area is 250 Å². The molecule has 1 fully saturated rings. The predicted octanol–water partition coefficient (Wildman–Crippen LogP) is 3.73. The van der Waals surface area contributed by atoms with E-state index in [0.29, 0.717) is 52.6 Å². The van der Waals surface area contributed by atoms with Crippen molar-refractivity contribution in [1.82, 2.24) is 20.3 Å². The van der Waals surface area contributed by atoms with E-state index in [1.807, 2.05) is 26.0 Å². The van der Waals surface area contributed by atoms with Crippen molar-refractivity contribution < 1.29 is 27.5 Å². The van der Waals surface area contributed by atoms with Crippen LogP contribution in [0.3, 0.4) is 0 Å². The molecule has 1 amide bonds. The van der Waals surface area contributed by atoms with Gasteiger partial charge in [-0.2, -0.15) is 0 Å². The lowest BCUT2D eigenvalue weighted by atomic mass is 10.1. The summed E-state index contributed by atoms with van der Waals surface area (Å²) in [5, 5.41) is 3.59. The van der Waals surface area contributed by atoms with Crippen molar-refractivity contribution in [3.63, 3.8) is 0 Å². The predicted molar refractivity (Wildman–Crippen MR) is 162 cm³/mol. The van der Waals surface area contributed by atoms with Crippen LogP contribution in [-0.2, 0) is 25.9 Å². The van der Waals surface area contributed by atoms with Crippen molar-refractivity contribution in [3.05, 3.63) is 77.1 Å². The molecule has 2 atom stereocenters. The number of morpholine rings is 1. The van der Waals surface area contributed by atoms with Gasteiger partial charge in [0.05, 0.1) is 58.9 Å². The van der Waals surface area contributed by atoms with E-state index in [-0.39, 0.29) is 29.2 Å². The molecule has 5 rings (SSSR count). The van der Waals surface area contributed by atoms with E-state index < -0.39 is 21.7 Å².